The van der Waals surface area contributed by atoms with E-state index in [1.54, 1.807) is 18.2 Å². The molecule has 0 unspecified atom stereocenters. The number of nitrogens with one attached hydrogen (secondary N) is 2. The van der Waals surface area contributed by atoms with Gasteiger partial charge < -0.3 is 10.3 Å². The Morgan fingerprint density at radius 1 is 1.32 bits per heavy atom. The Bertz CT molecular complexity index is 1020. The summed E-state index contributed by atoms with van der Waals surface area (Å²) < 4.78 is 15.9. The predicted molar refractivity (Wildman–Crippen MR) is 98.8 cm³/mol. The Balaban J connectivity index is 1.56. The second kappa shape index (κ2) is 7.71. The molecule has 130 valence electrons. The van der Waals surface area contributed by atoms with E-state index in [2.05, 4.69) is 10.3 Å². The van der Waals surface area contributed by atoms with Gasteiger partial charge in [0.2, 0.25) is 5.91 Å². The number of aromatic amines is 1. The van der Waals surface area contributed by atoms with Crippen LogP contribution in [0.4, 0.5) is 4.39 Å². The van der Waals surface area contributed by atoms with Crippen LogP contribution < -0.4 is 10.9 Å². The number of amides is 1. The van der Waals surface area contributed by atoms with Crippen molar-refractivity contribution in [2.45, 2.75) is 25.9 Å². The molecule has 0 aliphatic heterocycles. The van der Waals surface area contributed by atoms with Crippen molar-refractivity contribution in [1.29, 1.82) is 0 Å². The van der Waals surface area contributed by atoms with Gasteiger partial charge in [-0.25, -0.2) is 4.39 Å². The third-order valence-electron chi connectivity index (χ3n) is 3.81. The third-order valence-corrected chi connectivity index (χ3v) is 5.04. The van der Waals surface area contributed by atoms with Crippen molar-refractivity contribution in [1.82, 2.24) is 14.9 Å². The summed E-state index contributed by atoms with van der Waals surface area (Å²) in [6.07, 6.45) is 0.704. The number of halogens is 1. The zero-order valence-electron chi connectivity index (χ0n) is 13.3. The van der Waals surface area contributed by atoms with Crippen LogP contribution in [-0.4, -0.2) is 15.5 Å². The molecule has 0 saturated carbocycles. The van der Waals surface area contributed by atoms with E-state index in [0.717, 1.165) is 5.52 Å². The molecule has 0 saturated heterocycles. The highest BCUT2D eigenvalue weighted by Gasteiger charge is 2.08. The average Bonchev–Trinajstić information content (AvgIpc) is 3.05. The first kappa shape index (κ1) is 17.5. The van der Waals surface area contributed by atoms with E-state index in [0.29, 0.717) is 28.0 Å². The van der Waals surface area contributed by atoms with Gasteiger partial charge in [0, 0.05) is 25.1 Å². The topological polar surface area (TPSA) is 66.9 Å². The molecule has 3 aromatic rings. The largest absolute Gasteiger partial charge is 0.352 e. The van der Waals surface area contributed by atoms with Gasteiger partial charge in [0.05, 0.1) is 5.52 Å². The summed E-state index contributed by atoms with van der Waals surface area (Å²) in [6, 6.07) is 8.13. The van der Waals surface area contributed by atoms with Crippen LogP contribution in [0.2, 0.25) is 0 Å². The molecule has 5 nitrogen and oxygen atoms in total. The lowest BCUT2D eigenvalue weighted by Gasteiger charge is -2.08. The van der Waals surface area contributed by atoms with Gasteiger partial charge >= 0.3 is 0 Å². The van der Waals surface area contributed by atoms with Gasteiger partial charge in [0.15, 0.2) is 4.77 Å². The fourth-order valence-electron chi connectivity index (χ4n) is 2.50. The number of H-pyrrole nitrogens is 1. The van der Waals surface area contributed by atoms with Crippen LogP contribution in [0.25, 0.3) is 10.2 Å². The van der Waals surface area contributed by atoms with E-state index in [9.17, 15) is 14.0 Å². The van der Waals surface area contributed by atoms with Crippen molar-refractivity contribution < 1.29 is 9.18 Å². The van der Waals surface area contributed by atoms with Gasteiger partial charge in [-0.05, 0) is 36.2 Å². The molecule has 25 heavy (non-hydrogen) atoms. The first-order valence-electron chi connectivity index (χ1n) is 7.76. The summed E-state index contributed by atoms with van der Waals surface area (Å²) >= 11 is 6.57. The summed E-state index contributed by atoms with van der Waals surface area (Å²) in [5, 5.41) is 4.51. The van der Waals surface area contributed by atoms with Gasteiger partial charge in [-0.2, -0.15) is 0 Å². The van der Waals surface area contributed by atoms with Gasteiger partial charge in [-0.3, -0.25) is 14.2 Å². The fourth-order valence-corrected chi connectivity index (χ4v) is 3.58. The molecule has 0 radical (unpaired) electrons. The summed E-state index contributed by atoms with van der Waals surface area (Å²) in [6.45, 7) is 0.502. The average molecular weight is 377 g/mol. The summed E-state index contributed by atoms with van der Waals surface area (Å²) in [4.78, 5) is 27.3. The monoisotopic (exact) mass is 377 g/mol. The van der Waals surface area contributed by atoms with E-state index >= 15 is 0 Å². The standard InChI is InChI=1S/C17H16FN3O2S2/c18-12-5-2-1-4-11(12)10-19-14(22)6-3-8-21-16(23)15-13(7-9-25-15)20-17(21)24/h1-2,4-5,7,9H,3,6,8,10H2,(H,19,22)(H,20,24). The Hall–Kier alpha value is -2.32. The molecule has 1 amide bonds. The van der Waals surface area contributed by atoms with Gasteiger partial charge in [0.1, 0.15) is 10.5 Å². The third kappa shape index (κ3) is 4.02. The minimum Gasteiger partial charge on any atom is -0.352 e. The molecule has 0 fully saturated rings. The van der Waals surface area contributed by atoms with Crippen molar-refractivity contribution >= 4 is 39.7 Å². The van der Waals surface area contributed by atoms with Crippen LogP contribution in [-0.2, 0) is 17.9 Å². The number of fused-ring (bicyclic) bond motifs is 1. The second-order valence-corrected chi connectivity index (χ2v) is 6.82. The lowest BCUT2D eigenvalue weighted by molar-refractivity contribution is -0.121. The van der Waals surface area contributed by atoms with E-state index in [1.165, 1.54) is 22.0 Å². The van der Waals surface area contributed by atoms with E-state index in [1.807, 2.05) is 11.4 Å². The molecule has 0 aliphatic rings. The summed E-state index contributed by atoms with van der Waals surface area (Å²) in [5.74, 6) is -0.534. The lowest BCUT2D eigenvalue weighted by Crippen LogP contribution is -2.25. The molecular formula is C17H16FN3O2S2. The number of benzene rings is 1. The molecule has 0 bridgehead atoms. The predicted octanol–water partition coefficient (Wildman–Crippen LogP) is 3.36. The van der Waals surface area contributed by atoms with E-state index in [4.69, 9.17) is 12.2 Å². The van der Waals surface area contributed by atoms with Crippen LogP contribution in [0.1, 0.15) is 18.4 Å². The molecule has 2 N–H and O–H groups in total. The first-order valence-corrected chi connectivity index (χ1v) is 9.05. The fraction of sp³-hybridized carbons (Fsp3) is 0.235. The maximum atomic E-state index is 13.5. The summed E-state index contributed by atoms with van der Waals surface area (Å²) in [5.41, 5.74) is 1.04. The molecule has 2 aromatic heterocycles. The smallest absolute Gasteiger partial charge is 0.272 e. The van der Waals surface area contributed by atoms with Crippen LogP contribution in [0.3, 0.4) is 0 Å². The zero-order valence-corrected chi connectivity index (χ0v) is 14.9. The number of aromatic nitrogens is 2. The number of carbonyl (C=O) groups excluding carboxylic acids is 1. The van der Waals surface area contributed by atoms with Crippen LogP contribution in [0.15, 0.2) is 40.5 Å². The maximum Gasteiger partial charge on any atom is 0.272 e. The number of rotatable bonds is 6. The van der Waals surface area contributed by atoms with Crippen LogP contribution in [0, 0.1) is 10.6 Å². The number of nitrogens with zero attached hydrogens (tertiary/aromatic N) is 1. The quantitative estimate of drug-likeness (QED) is 0.648. The SMILES string of the molecule is O=C(CCCn1c(=S)[nH]c2ccsc2c1=O)NCc1ccccc1F. The first-order chi connectivity index (χ1) is 12.1. The number of hydrogen-bond acceptors (Lipinski definition) is 4. The highest BCUT2D eigenvalue weighted by atomic mass is 32.1. The van der Waals surface area contributed by atoms with Crippen LogP contribution in [0.5, 0.6) is 0 Å². The molecule has 1 aromatic carbocycles. The van der Waals surface area contributed by atoms with Gasteiger partial charge in [-0.15, -0.1) is 11.3 Å². The molecular weight excluding hydrogens is 361 g/mol. The molecule has 8 heteroatoms. The normalized spacial score (nSPS) is 10.9. The Morgan fingerprint density at radius 2 is 2.12 bits per heavy atom. The second-order valence-electron chi connectivity index (χ2n) is 5.52. The lowest BCUT2D eigenvalue weighted by atomic mass is 10.2. The van der Waals surface area contributed by atoms with Gasteiger partial charge in [-0.1, -0.05) is 18.2 Å². The van der Waals surface area contributed by atoms with Crippen molar-refractivity contribution in [2.24, 2.45) is 0 Å². The highest BCUT2D eigenvalue weighted by Crippen LogP contribution is 2.14. The zero-order chi connectivity index (χ0) is 17.8. The Kier molecular flexibility index (Phi) is 5.40. The van der Waals surface area contributed by atoms with Crippen molar-refractivity contribution in [2.75, 3.05) is 0 Å². The van der Waals surface area contributed by atoms with Crippen LogP contribution >= 0.6 is 23.6 Å². The van der Waals surface area contributed by atoms with Crippen molar-refractivity contribution in [3.63, 3.8) is 0 Å². The number of carbonyl (C=O) groups is 1. The molecule has 2 heterocycles. The molecule has 0 spiro atoms. The Morgan fingerprint density at radius 3 is 2.92 bits per heavy atom. The van der Waals surface area contributed by atoms with Crippen molar-refractivity contribution in [3.8, 4) is 0 Å². The summed E-state index contributed by atoms with van der Waals surface area (Å²) in [7, 11) is 0. The number of hydrogen-bond donors (Lipinski definition) is 2. The molecule has 0 aliphatic carbocycles. The minimum absolute atomic E-state index is 0.138. The molecule has 3 rings (SSSR count). The van der Waals surface area contributed by atoms with E-state index in [-0.39, 0.29) is 30.2 Å². The Labute approximate surface area is 152 Å². The highest BCUT2D eigenvalue weighted by molar-refractivity contribution is 7.71. The van der Waals surface area contributed by atoms with E-state index < -0.39 is 0 Å². The number of thiophene rings is 1. The minimum atomic E-state index is -0.343. The van der Waals surface area contributed by atoms with Crippen molar-refractivity contribution in [3.05, 3.63) is 62.2 Å². The maximum absolute atomic E-state index is 13.5. The molecule has 0 atom stereocenters. The van der Waals surface area contributed by atoms with Gasteiger partial charge in [0.25, 0.3) is 5.56 Å².